The van der Waals surface area contributed by atoms with Crippen molar-refractivity contribution in [3.63, 3.8) is 0 Å². The molecule has 0 saturated heterocycles. The SMILES string of the molecule is CC(c1ccc(Cl)cc1)N(C)Cc1ccc(F)c(CN)c1. The van der Waals surface area contributed by atoms with Crippen LogP contribution in [-0.4, -0.2) is 11.9 Å². The predicted octanol–water partition coefficient (Wildman–Crippen LogP) is 4.13. The molecular formula is C17H20ClFN2. The average Bonchev–Trinajstić information content (AvgIpc) is 2.49. The van der Waals surface area contributed by atoms with E-state index in [0.717, 1.165) is 17.1 Å². The van der Waals surface area contributed by atoms with Crippen LogP contribution in [0.2, 0.25) is 5.02 Å². The highest BCUT2D eigenvalue weighted by Crippen LogP contribution is 2.23. The van der Waals surface area contributed by atoms with E-state index in [9.17, 15) is 4.39 Å². The molecule has 1 unspecified atom stereocenters. The molecular weight excluding hydrogens is 287 g/mol. The van der Waals surface area contributed by atoms with Gasteiger partial charge in [-0.25, -0.2) is 4.39 Å². The van der Waals surface area contributed by atoms with Gasteiger partial charge in [0.1, 0.15) is 5.82 Å². The van der Waals surface area contributed by atoms with Crippen LogP contribution >= 0.6 is 11.6 Å². The first-order chi connectivity index (χ1) is 10.0. The molecule has 4 heteroatoms. The highest BCUT2D eigenvalue weighted by molar-refractivity contribution is 6.30. The molecule has 0 bridgehead atoms. The highest BCUT2D eigenvalue weighted by Gasteiger charge is 2.12. The molecule has 0 radical (unpaired) electrons. The Morgan fingerprint density at radius 3 is 2.48 bits per heavy atom. The van der Waals surface area contributed by atoms with Crippen LogP contribution in [0.1, 0.15) is 29.7 Å². The van der Waals surface area contributed by atoms with Crippen molar-refractivity contribution in [1.29, 1.82) is 0 Å². The zero-order chi connectivity index (χ0) is 15.4. The number of nitrogens with two attached hydrogens (primary N) is 1. The number of nitrogens with zero attached hydrogens (tertiary/aromatic N) is 1. The monoisotopic (exact) mass is 306 g/mol. The van der Waals surface area contributed by atoms with Crippen molar-refractivity contribution < 1.29 is 4.39 Å². The Balaban J connectivity index is 2.10. The van der Waals surface area contributed by atoms with Gasteiger partial charge >= 0.3 is 0 Å². The lowest BCUT2D eigenvalue weighted by atomic mass is 10.1. The summed E-state index contributed by atoms with van der Waals surface area (Å²) in [4.78, 5) is 2.21. The van der Waals surface area contributed by atoms with E-state index in [1.807, 2.05) is 37.4 Å². The molecule has 0 amide bonds. The number of hydrogen-bond donors (Lipinski definition) is 1. The van der Waals surface area contributed by atoms with E-state index < -0.39 is 0 Å². The zero-order valence-electron chi connectivity index (χ0n) is 12.3. The average molecular weight is 307 g/mol. The van der Waals surface area contributed by atoms with E-state index in [4.69, 9.17) is 17.3 Å². The second kappa shape index (κ2) is 7.03. The van der Waals surface area contributed by atoms with Gasteiger partial charge in [0.15, 0.2) is 0 Å². The molecule has 2 aromatic carbocycles. The third-order valence-electron chi connectivity index (χ3n) is 3.78. The van der Waals surface area contributed by atoms with Crippen molar-refractivity contribution in [3.05, 3.63) is 70.0 Å². The maximum atomic E-state index is 13.5. The van der Waals surface area contributed by atoms with E-state index in [1.165, 1.54) is 11.6 Å². The summed E-state index contributed by atoms with van der Waals surface area (Å²) in [5.41, 5.74) is 8.36. The van der Waals surface area contributed by atoms with Gasteiger partial charge in [-0.2, -0.15) is 0 Å². The molecule has 0 heterocycles. The van der Waals surface area contributed by atoms with Gasteiger partial charge in [0.25, 0.3) is 0 Å². The maximum Gasteiger partial charge on any atom is 0.127 e. The van der Waals surface area contributed by atoms with Crippen molar-refractivity contribution in [2.24, 2.45) is 5.73 Å². The summed E-state index contributed by atoms with van der Waals surface area (Å²) >= 11 is 5.91. The van der Waals surface area contributed by atoms with Gasteiger partial charge in [0, 0.05) is 29.7 Å². The Kier molecular flexibility index (Phi) is 5.34. The largest absolute Gasteiger partial charge is 0.326 e. The molecule has 1 atom stereocenters. The van der Waals surface area contributed by atoms with Gasteiger partial charge in [-0.15, -0.1) is 0 Å². The van der Waals surface area contributed by atoms with Gasteiger partial charge in [-0.05, 0) is 43.3 Å². The number of benzene rings is 2. The number of halogens is 2. The van der Waals surface area contributed by atoms with Gasteiger partial charge < -0.3 is 5.73 Å². The molecule has 0 aliphatic carbocycles. The summed E-state index contributed by atoms with van der Waals surface area (Å²) in [6, 6.07) is 13.2. The molecule has 0 aliphatic rings. The fourth-order valence-corrected chi connectivity index (χ4v) is 2.43. The number of rotatable bonds is 5. The molecule has 0 fully saturated rings. The molecule has 21 heavy (non-hydrogen) atoms. The second-order valence-corrected chi connectivity index (χ2v) is 5.71. The van der Waals surface area contributed by atoms with Gasteiger partial charge in [0.2, 0.25) is 0 Å². The summed E-state index contributed by atoms with van der Waals surface area (Å²) < 4.78 is 13.5. The van der Waals surface area contributed by atoms with Crippen LogP contribution in [-0.2, 0) is 13.1 Å². The molecule has 2 aromatic rings. The molecule has 0 saturated carbocycles. The van der Waals surface area contributed by atoms with Crippen LogP contribution in [0, 0.1) is 5.82 Å². The predicted molar refractivity (Wildman–Crippen MR) is 85.6 cm³/mol. The molecule has 2 N–H and O–H groups in total. The maximum absolute atomic E-state index is 13.5. The molecule has 0 aliphatic heterocycles. The summed E-state index contributed by atoms with van der Waals surface area (Å²) in [5.74, 6) is -0.241. The van der Waals surface area contributed by atoms with Crippen LogP contribution in [0.3, 0.4) is 0 Å². The minimum Gasteiger partial charge on any atom is -0.326 e. The Bertz CT molecular complexity index is 598. The van der Waals surface area contributed by atoms with Crippen LogP contribution in [0.15, 0.2) is 42.5 Å². The van der Waals surface area contributed by atoms with Crippen LogP contribution < -0.4 is 5.73 Å². The van der Waals surface area contributed by atoms with Crippen LogP contribution in [0.25, 0.3) is 0 Å². The second-order valence-electron chi connectivity index (χ2n) is 5.27. The Morgan fingerprint density at radius 2 is 1.86 bits per heavy atom. The van der Waals surface area contributed by atoms with E-state index in [-0.39, 0.29) is 18.4 Å². The standard InChI is InChI=1S/C17H20ClFN2/c1-12(14-4-6-16(18)7-5-14)21(2)11-13-3-8-17(19)15(9-13)10-20/h3-9,12H,10-11,20H2,1-2H3. The molecule has 0 aromatic heterocycles. The normalized spacial score (nSPS) is 12.7. The summed E-state index contributed by atoms with van der Waals surface area (Å²) in [6.07, 6.45) is 0. The fourth-order valence-electron chi connectivity index (χ4n) is 2.30. The fraction of sp³-hybridized carbons (Fsp3) is 0.294. The van der Waals surface area contributed by atoms with Crippen molar-refractivity contribution in [3.8, 4) is 0 Å². The first kappa shape index (κ1) is 16.0. The van der Waals surface area contributed by atoms with Gasteiger partial charge in [-0.1, -0.05) is 35.9 Å². The quantitative estimate of drug-likeness (QED) is 0.900. The molecule has 2 rings (SSSR count). The zero-order valence-corrected chi connectivity index (χ0v) is 13.1. The lowest BCUT2D eigenvalue weighted by Crippen LogP contribution is -2.22. The van der Waals surface area contributed by atoms with Crippen molar-refractivity contribution in [1.82, 2.24) is 4.90 Å². The van der Waals surface area contributed by atoms with Gasteiger partial charge in [-0.3, -0.25) is 4.90 Å². The topological polar surface area (TPSA) is 29.3 Å². The van der Waals surface area contributed by atoms with E-state index in [2.05, 4.69) is 11.8 Å². The Hall–Kier alpha value is -1.42. The van der Waals surface area contributed by atoms with E-state index in [0.29, 0.717) is 5.56 Å². The Labute approximate surface area is 130 Å². The summed E-state index contributed by atoms with van der Waals surface area (Å²) in [5, 5.41) is 0.736. The third kappa shape index (κ3) is 4.03. The number of hydrogen-bond acceptors (Lipinski definition) is 2. The molecule has 0 spiro atoms. The van der Waals surface area contributed by atoms with Crippen molar-refractivity contribution in [2.45, 2.75) is 26.1 Å². The lowest BCUT2D eigenvalue weighted by Gasteiger charge is -2.25. The smallest absolute Gasteiger partial charge is 0.127 e. The van der Waals surface area contributed by atoms with Gasteiger partial charge in [0.05, 0.1) is 0 Å². The van der Waals surface area contributed by atoms with Crippen molar-refractivity contribution >= 4 is 11.6 Å². The summed E-state index contributed by atoms with van der Waals surface area (Å²) in [7, 11) is 2.05. The highest BCUT2D eigenvalue weighted by atomic mass is 35.5. The summed E-state index contributed by atoms with van der Waals surface area (Å²) in [6.45, 7) is 3.09. The van der Waals surface area contributed by atoms with Crippen LogP contribution in [0.4, 0.5) is 4.39 Å². The Morgan fingerprint density at radius 1 is 1.19 bits per heavy atom. The molecule has 2 nitrogen and oxygen atoms in total. The van der Waals surface area contributed by atoms with Crippen molar-refractivity contribution in [2.75, 3.05) is 7.05 Å². The van der Waals surface area contributed by atoms with Crippen LogP contribution in [0.5, 0.6) is 0 Å². The minimum absolute atomic E-state index is 0.218. The van der Waals surface area contributed by atoms with E-state index in [1.54, 1.807) is 6.07 Å². The third-order valence-corrected chi connectivity index (χ3v) is 4.03. The molecule has 112 valence electrons. The minimum atomic E-state index is -0.241. The van der Waals surface area contributed by atoms with E-state index >= 15 is 0 Å². The lowest BCUT2D eigenvalue weighted by molar-refractivity contribution is 0.253. The first-order valence-electron chi connectivity index (χ1n) is 6.94. The first-order valence-corrected chi connectivity index (χ1v) is 7.32.